The monoisotopic (exact) mass is 295 g/mol. The van der Waals surface area contributed by atoms with E-state index in [-0.39, 0.29) is 12.1 Å². The molecule has 0 saturated carbocycles. The van der Waals surface area contributed by atoms with Crippen LogP contribution in [0.25, 0.3) is 0 Å². The Balaban J connectivity index is 1.98. The van der Waals surface area contributed by atoms with Crippen molar-refractivity contribution in [2.24, 2.45) is 0 Å². The third kappa shape index (κ3) is 3.30. The summed E-state index contributed by atoms with van der Waals surface area (Å²) in [5, 5.41) is 9.36. The summed E-state index contributed by atoms with van der Waals surface area (Å²) in [6.45, 7) is 10.7. The van der Waals surface area contributed by atoms with Gasteiger partial charge in [-0.1, -0.05) is 0 Å². The van der Waals surface area contributed by atoms with Gasteiger partial charge in [-0.25, -0.2) is 4.79 Å². The fourth-order valence-electron chi connectivity index (χ4n) is 2.86. The van der Waals surface area contributed by atoms with Crippen LogP contribution in [0, 0.1) is 11.3 Å². The predicted octanol–water partition coefficient (Wildman–Crippen LogP) is 1.61. The Kier molecular flexibility index (Phi) is 4.45. The van der Waals surface area contributed by atoms with Gasteiger partial charge >= 0.3 is 6.09 Å². The molecule has 0 aromatic rings. The molecule has 0 radical (unpaired) electrons. The summed E-state index contributed by atoms with van der Waals surface area (Å²) < 4.78 is 10.7. The van der Waals surface area contributed by atoms with Crippen LogP contribution in [-0.2, 0) is 9.47 Å². The van der Waals surface area contributed by atoms with Gasteiger partial charge in [-0.05, 0) is 34.1 Å². The Morgan fingerprint density at radius 3 is 2.62 bits per heavy atom. The van der Waals surface area contributed by atoms with Gasteiger partial charge in [0.05, 0.1) is 19.3 Å². The molecule has 0 N–H and O–H groups in total. The molecule has 21 heavy (non-hydrogen) atoms. The van der Waals surface area contributed by atoms with Crippen molar-refractivity contribution in [1.82, 2.24) is 9.80 Å². The minimum absolute atomic E-state index is 0.107. The van der Waals surface area contributed by atoms with Gasteiger partial charge in [0.15, 0.2) is 5.54 Å². The van der Waals surface area contributed by atoms with E-state index in [0.717, 1.165) is 13.0 Å². The summed E-state index contributed by atoms with van der Waals surface area (Å²) in [7, 11) is 0. The van der Waals surface area contributed by atoms with Crippen molar-refractivity contribution in [2.75, 3.05) is 32.8 Å². The predicted molar refractivity (Wildman–Crippen MR) is 77.8 cm³/mol. The number of ether oxygens (including phenoxy) is 2. The van der Waals surface area contributed by atoms with E-state index >= 15 is 0 Å². The Morgan fingerprint density at radius 1 is 1.52 bits per heavy atom. The van der Waals surface area contributed by atoms with Gasteiger partial charge in [0.25, 0.3) is 0 Å². The van der Waals surface area contributed by atoms with E-state index in [1.165, 1.54) is 0 Å². The van der Waals surface area contributed by atoms with Crippen LogP contribution in [0.1, 0.15) is 34.1 Å². The van der Waals surface area contributed by atoms with Gasteiger partial charge in [-0.3, -0.25) is 4.90 Å². The van der Waals surface area contributed by atoms with E-state index in [4.69, 9.17) is 9.47 Å². The number of likely N-dealkylation sites (tertiary alicyclic amines) is 1. The summed E-state index contributed by atoms with van der Waals surface area (Å²) in [5.74, 6) is 0. The standard InChI is InChI=1S/C15H25N3O3/c1-5-18(13(19)21-14(2,3)4)12-6-7-17(8-12)15(9-16)10-20-11-15/h12H,5-8,10-11H2,1-4H3/t12-/m0/s1. The van der Waals surface area contributed by atoms with Crippen LogP contribution in [0.5, 0.6) is 0 Å². The zero-order valence-corrected chi connectivity index (χ0v) is 13.4. The Hall–Kier alpha value is -1.32. The van der Waals surface area contributed by atoms with E-state index in [9.17, 15) is 10.1 Å². The Labute approximate surface area is 126 Å². The van der Waals surface area contributed by atoms with Crippen LogP contribution in [0.2, 0.25) is 0 Å². The lowest BCUT2D eigenvalue weighted by atomic mass is 9.98. The number of rotatable bonds is 3. The normalized spacial score (nSPS) is 25.0. The molecule has 0 aromatic heterocycles. The molecule has 6 nitrogen and oxygen atoms in total. The summed E-state index contributed by atoms with van der Waals surface area (Å²) in [4.78, 5) is 16.2. The summed E-state index contributed by atoms with van der Waals surface area (Å²) >= 11 is 0. The highest BCUT2D eigenvalue weighted by Crippen LogP contribution is 2.30. The highest BCUT2D eigenvalue weighted by molar-refractivity contribution is 5.68. The molecule has 2 saturated heterocycles. The Bertz CT molecular complexity index is 434. The maximum Gasteiger partial charge on any atom is 0.410 e. The van der Waals surface area contributed by atoms with Gasteiger partial charge < -0.3 is 14.4 Å². The van der Waals surface area contributed by atoms with Crippen molar-refractivity contribution in [1.29, 1.82) is 5.26 Å². The van der Waals surface area contributed by atoms with Crippen molar-refractivity contribution in [3.8, 4) is 6.07 Å². The number of carbonyl (C=O) groups excluding carboxylic acids is 1. The molecule has 1 amide bonds. The van der Waals surface area contributed by atoms with Crippen LogP contribution in [0.3, 0.4) is 0 Å². The van der Waals surface area contributed by atoms with Crippen LogP contribution >= 0.6 is 0 Å². The van der Waals surface area contributed by atoms with Crippen molar-refractivity contribution in [3.05, 3.63) is 0 Å². The molecule has 2 aliphatic rings. The van der Waals surface area contributed by atoms with Crippen molar-refractivity contribution in [2.45, 2.75) is 51.3 Å². The van der Waals surface area contributed by atoms with Crippen molar-refractivity contribution in [3.63, 3.8) is 0 Å². The number of nitrogens with zero attached hydrogens (tertiary/aromatic N) is 3. The molecule has 0 unspecified atom stereocenters. The molecule has 1 atom stereocenters. The maximum atomic E-state index is 12.3. The number of hydrogen-bond donors (Lipinski definition) is 0. The zero-order chi connectivity index (χ0) is 15.7. The van der Waals surface area contributed by atoms with E-state index in [1.54, 1.807) is 4.90 Å². The summed E-state index contributed by atoms with van der Waals surface area (Å²) in [6.07, 6.45) is 0.601. The van der Waals surface area contributed by atoms with Crippen molar-refractivity contribution < 1.29 is 14.3 Å². The minimum Gasteiger partial charge on any atom is -0.444 e. The molecule has 118 valence electrons. The van der Waals surface area contributed by atoms with E-state index in [0.29, 0.717) is 26.3 Å². The fourth-order valence-corrected chi connectivity index (χ4v) is 2.86. The van der Waals surface area contributed by atoms with Crippen molar-refractivity contribution >= 4 is 6.09 Å². The van der Waals surface area contributed by atoms with Gasteiger partial charge in [-0.15, -0.1) is 0 Å². The lowest BCUT2D eigenvalue weighted by Crippen LogP contribution is -2.61. The third-order valence-electron chi connectivity index (χ3n) is 4.07. The van der Waals surface area contributed by atoms with Crippen LogP contribution in [-0.4, -0.2) is 65.9 Å². The van der Waals surface area contributed by atoms with Crippen LogP contribution in [0.15, 0.2) is 0 Å². The zero-order valence-electron chi connectivity index (χ0n) is 13.4. The number of hydrogen-bond acceptors (Lipinski definition) is 5. The lowest BCUT2D eigenvalue weighted by Gasteiger charge is -2.42. The minimum atomic E-state index is -0.488. The summed E-state index contributed by atoms with van der Waals surface area (Å²) in [6, 6.07) is 2.48. The molecular weight excluding hydrogens is 270 g/mol. The quantitative estimate of drug-likeness (QED) is 0.791. The SMILES string of the molecule is CCN(C(=O)OC(C)(C)C)[C@H]1CCN(C2(C#N)COC2)C1. The largest absolute Gasteiger partial charge is 0.444 e. The highest BCUT2D eigenvalue weighted by atomic mass is 16.6. The van der Waals surface area contributed by atoms with Crippen LogP contribution in [0.4, 0.5) is 4.79 Å². The number of amides is 1. The molecule has 2 fully saturated rings. The molecule has 0 aliphatic carbocycles. The number of likely N-dealkylation sites (N-methyl/N-ethyl adjacent to an activating group) is 1. The highest BCUT2D eigenvalue weighted by Gasteiger charge is 2.48. The number of nitriles is 1. The van der Waals surface area contributed by atoms with E-state index < -0.39 is 11.1 Å². The molecule has 6 heteroatoms. The van der Waals surface area contributed by atoms with Gasteiger partial charge in [-0.2, -0.15) is 5.26 Å². The first-order chi connectivity index (χ1) is 9.81. The topological polar surface area (TPSA) is 65.8 Å². The molecule has 0 bridgehead atoms. The first kappa shape index (κ1) is 16.1. The second-order valence-electron chi connectivity index (χ2n) is 6.79. The van der Waals surface area contributed by atoms with E-state index in [2.05, 4.69) is 11.0 Å². The van der Waals surface area contributed by atoms with Gasteiger partial charge in [0.2, 0.25) is 0 Å². The van der Waals surface area contributed by atoms with Gasteiger partial charge in [0, 0.05) is 25.7 Å². The smallest absolute Gasteiger partial charge is 0.410 e. The molecule has 0 spiro atoms. The lowest BCUT2D eigenvalue weighted by molar-refractivity contribution is -0.102. The molecular formula is C15H25N3O3. The Morgan fingerprint density at radius 2 is 2.19 bits per heavy atom. The molecule has 0 aromatic carbocycles. The second-order valence-corrected chi connectivity index (χ2v) is 6.79. The first-order valence-electron chi connectivity index (χ1n) is 7.55. The molecule has 2 rings (SSSR count). The second kappa shape index (κ2) is 5.82. The summed E-state index contributed by atoms with van der Waals surface area (Å²) in [5.41, 5.74) is -0.972. The molecule has 2 aliphatic heterocycles. The average Bonchev–Trinajstić information content (AvgIpc) is 2.76. The molecule has 2 heterocycles. The maximum absolute atomic E-state index is 12.3. The van der Waals surface area contributed by atoms with E-state index in [1.807, 2.05) is 27.7 Å². The van der Waals surface area contributed by atoms with Gasteiger partial charge in [0.1, 0.15) is 5.60 Å². The first-order valence-corrected chi connectivity index (χ1v) is 7.55. The number of carbonyl (C=O) groups is 1. The average molecular weight is 295 g/mol. The third-order valence-corrected chi connectivity index (χ3v) is 4.07. The fraction of sp³-hybridized carbons (Fsp3) is 0.867. The van der Waals surface area contributed by atoms with Crippen LogP contribution < -0.4 is 0 Å².